The minimum Gasteiger partial charge on any atom is -0.449 e. The second kappa shape index (κ2) is 8.80. The van der Waals surface area contributed by atoms with Gasteiger partial charge in [0.2, 0.25) is 0 Å². The number of amides is 1. The molecule has 0 radical (unpaired) electrons. The van der Waals surface area contributed by atoms with E-state index in [1.807, 2.05) is 48.5 Å². The van der Waals surface area contributed by atoms with Crippen LogP contribution in [0.15, 0.2) is 77.3 Å². The summed E-state index contributed by atoms with van der Waals surface area (Å²) >= 11 is 3.39. The third-order valence-electron chi connectivity index (χ3n) is 5.21. The number of fused-ring (bicyclic) bond motifs is 3. The number of benzene rings is 3. The van der Waals surface area contributed by atoms with Crippen molar-refractivity contribution in [3.05, 3.63) is 94.0 Å². The first-order valence-electron chi connectivity index (χ1n) is 9.63. The van der Waals surface area contributed by atoms with Crippen LogP contribution in [0.1, 0.15) is 22.6 Å². The molecule has 1 aliphatic carbocycles. The molecule has 3 aromatic rings. The van der Waals surface area contributed by atoms with E-state index in [-0.39, 0.29) is 19.1 Å². The van der Waals surface area contributed by atoms with E-state index in [1.54, 1.807) is 0 Å². The Labute approximate surface area is 178 Å². The lowest BCUT2D eigenvalue weighted by Crippen LogP contribution is -2.34. The van der Waals surface area contributed by atoms with Gasteiger partial charge in [-0.25, -0.2) is 4.79 Å². The van der Waals surface area contributed by atoms with Crippen molar-refractivity contribution in [1.29, 1.82) is 0 Å². The van der Waals surface area contributed by atoms with Crippen LogP contribution in [-0.4, -0.2) is 30.5 Å². The summed E-state index contributed by atoms with van der Waals surface area (Å²) in [7, 11) is 0. The lowest BCUT2D eigenvalue weighted by Gasteiger charge is -2.16. The molecule has 0 aliphatic heterocycles. The number of rotatable bonds is 6. The largest absolute Gasteiger partial charge is 0.449 e. The monoisotopic (exact) mass is 451 g/mol. The van der Waals surface area contributed by atoms with Crippen LogP contribution in [-0.2, 0) is 11.2 Å². The topological polar surface area (TPSA) is 58.6 Å². The summed E-state index contributed by atoms with van der Waals surface area (Å²) in [6, 6.07) is 24.2. The third kappa shape index (κ3) is 4.52. The molecular weight excluding hydrogens is 430 g/mol. The smallest absolute Gasteiger partial charge is 0.407 e. The standard InChI is InChI=1S/C24H22BrNO3/c25-17-11-9-16(10-12-17)13-18(27)14-26-24(28)29-15-23-21-7-3-1-5-19(21)20-6-2-4-8-22(20)23/h1-12,18,23,27H,13-15H2,(H,26,28). The van der Waals surface area contributed by atoms with E-state index in [0.717, 1.165) is 10.0 Å². The van der Waals surface area contributed by atoms with E-state index in [0.29, 0.717) is 6.42 Å². The van der Waals surface area contributed by atoms with Crippen molar-refractivity contribution in [2.75, 3.05) is 13.2 Å². The molecule has 29 heavy (non-hydrogen) atoms. The van der Waals surface area contributed by atoms with Gasteiger partial charge in [-0.1, -0.05) is 76.6 Å². The molecule has 0 saturated carbocycles. The predicted molar refractivity (Wildman–Crippen MR) is 117 cm³/mol. The van der Waals surface area contributed by atoms with Gasteiger partial charge in [-0.15, -0.1) is 0 Å². The summed E-state index contributed by atoms with van der Waals surface area (Å²) < 4.78 is 6.48. The van der Waals surface area contributed by atoms with E-state index in [1.165, 1.54) is 22.3 Å². The molecule has 0 saturated heterocycles. The number of alkyl carbamates (subject to hydrolysis) is 1. The minimum atomic E-state index is -0.670. The van der Waals surface area contributed by atoms with E-state index in [9.17, 15) is 9.90 Å². The maximum absolute atomic E-state index is 12.2. The SMILES string of the molecule is O=C(NCC(O)Cc1ccc(Br)cc1)OCC1c2ccccc2-c2ccccc21. The Bertz CT molecular complexity index is 958. The molecule has 0 fully saturated rings. The zero-order valence-corrected chi connectivity index (χ0v) is 17.4. The second-order valence-electron chi connectivity index (χ2n) is 7.19. The zero-order chi connectivity index (χ0) is 20.2. The molecule has 2 N–H and O–H groups in total. The van der Waals surface area contributed by atoms with Crippen molar-refractivity contribution in [2.24, 2.45) is 0 Å². The quantitative estimate of drug-likeness (QED) is 0.560. The van der Waals surface area contributed by atoms with E-state index >= 15 is 0 Å². The van der Waals surface area contributed by atoms with Crippen LogP contribution in [0.4, 0.5) is 4.79 Å². The highest BCUT2D eigenvalue weighted by Gasteiger charge is 2.29. The summed E-state index contributed by atoms with van der Waals surface area (Å²) in [5.74, 6) is 0.0286. The summed E-state index contributed by atoms with van der Waals surface area (Å²) in [5.41, 5.74) is 5.76. The Balaban J connectivity index is 1.31. The lowest BCUT2D eigenvalue weighted by atomic mass is 9.98. The van der Waals surface area contributed by atoms with Crippen LogP contribution in [0, 0.1) is 0 Å². The Morgan fingerprint density at radius 1 is 0.966 bits per heavy atom. The molecule has 1 unspecified atom stereocenters. The number of hydrogen-bond donors (Lipinski definition) is 2. The van der Waals surface area contributed by atoms with E-state index < -0.39 is 12.2 Å². The van der Waals surface area contributed by atoms with Crippen molar-refractivity contribution in [2.45, 2.75) is 18.4 Å². The van der Waals surface area contributed by atoms with Crippen molar-refractivity contribution in [1.82, 2.24) is 5.32 Å². The Hall–Kier alpha value is -2.63. The number of carbonyl (C=O) groups is 1. The summed E-state index contributed by atoms with van der Waals surface area (Å²) in [6.07, 6.45) is -0.713. The van der Waals surface area contributed by atoms with Crippen LogP contribution in [0.2, 0.25) is 0 Å². The predicted octanol–water partition coefficient (Wildman–Crippen LogP) is 4.89. The summed E-state index contributed by atoms with van der Waals surface area (Å²) in [4.78, 5) is 12.2. The van der Waals surface area contributed by atoms with Gasteiger partial charge >= 0.3 is 6.09 Å². The zero-order valence-electron chi connectivity index (χ0n) is 15.8. The fourth-order valence-corrected chi connectivity index (χ4v) is 4.08. The van der Waals surface area contributed by atoms with Crippen molar-refractivity contribution >= 4 is 22.0 Å². The first-order chi connectivity index (χ1) is 14.1. The van der Waals surface area contributed by atoms with Crippen LogP contribution in [0.5, 0.6) is 0 Å². The lowest BCUT2D eigenvalue weighted by molar-refractivity contribution is 0.128. The molecule has 4 nitrogen and oxygen atoms in total. The average molecular weight is 452 g/mol. The van der Waals surface area contributed by atoms with Crippen molar-refractivity contribution in [3.63, 3.8) is 0 Å². The highest BCUT2D eigenvalue weighted by atomic mass is 79.9. The first-order valence-corrected chi connectivity index (χ1v) is 10.4. The second-order valence-corrected chi connectivity index (χ2v) is 8.11. The first kappa shape index (κ1) is 19.7. The Kier molecular flexibility index (Phi) is 5.97. The average Bonchev–Trinajstić information content (AvgIpc) is 3.06. The number of aliphatic hydroxyl groups is 1. The molecule has 148 valence electrons. The number of aliphatic hydroxyl groups excluding tert-OH is 1. The van der Waals surface area contributed by atoms with Crippen LogP contribution < -0.4 is 5.32 Å². The number of ether oxygens (including phenoxy) is 1. The number of nitrogens with one attached hydrogen (secondary N) is 1. The van der Waals surface area contributed by atoms with Gasteiger partial charge in [0, 0.05) is 23.4 Å². The molecule has 5 heteroatoms. The van der Waals surface area contributed by atoms with E-state index in [4.69, 9.17) is 4.74 Å². The molecule has 0 aromatic heterocycles. The third-order valence-corrected chi connectivity index (χ3v) is 5.74. The molecule has 1 atom stereocenters. The molecule has 0 bridgehead atoms. The van der Waals surface area contributed by atoms with Gasteiger partial charge < -0.3 is 15.2 Å². The van der Waals surface area contributed by atoms with Crippen LogP contribution in [0.25, 0.3) is 11.1 Å². The fourth-order valence-electron chi connectivity index (χ4n) is 3.82. The summed E-state index contributed by atoms with van der Waals surface area (Å²) in [6.45, 7) is 0.412. The van der Waals surface area contributed by atoms with Gasteiger partial charge in [-0.05, 0) is 39.9 Å². The van der Waals surface area contributed by atoms with Gasteiger partial charge in [-0.2, -0.15) is 0 Å². The van der Waals surface area contributed by atoms with Gasteiger partial charge in [0.25, 0.3) is 0 Å². The van der Waals surface area contributed by atoms with Gasteiger partial charge in [0.05, 0.1) is 6.10 Å². The molecule has 0 spiro atoms. The number of carbonyl (C=O) groups excluding carboxylic acids is 1. The highest BCUT2D eigenvalue weighted by molar-refractivity contribution is 9.10. The Morgan fingerprint density at radius 2 is 1.55 bits per heavy atom. The van der Waals surface area contributed by atoms with Crippen molar-refractivity contribution in [3.8, 4) is 11.1 Å². The molecular formula is C24H22BrNO3. The van der Waals surface area contributed by atoms with Gasteiger partial charge in [0.15, 0.2) is 0 Å². The molecule has 0 heterocycles. The molecule has 4 rings (SSSR count). The Morgan fingerprint density at radius 3 is 2.17 bits per heavy atom. The maximum Gasteiger partial charge on any atom is 0.407 e. The normalized spacial score (nSPS) is 13.4. The van der Waals surface area contributed by atoms with E-state index in [2.05, 4.69) is 45.5 Å². The van der Waals surface area contributed by atoms with Crippen molar-refractivity contribution < 1.29 is 14.6 Å². The van der Waals surface area contributed by atoms with Gasteiger partial charge in [-0.3, -0.25) is 0 Å². The van der Waals surface area contributed by atoms with Crippen LogP contribution >= 0.6 is 15.9 Å². The van der Waals surface area contributed by atoms with Gasteiger partial charge in [0.1, 0.15) is 6.61 Å². The molecule has 1 aliphatic rings. The maximum atomic E-state index is 12.2. The number of halogens is 1. The van der Waals surface area contributed by atoms with Crippen LogP contribution in [0.3, 0.4) is 0 Å². The highest BCUT2D eigenvalue weighted by Crippen LogP contribution is 2.44. The number of hydrogen-bond acceptors (Lipinski definition) is 3. The molecule has 1 amide bonds. The fraction of sp³-hybridized carbons (Fsp3) is 0.208. The minimum absolute atomic E-state index is 0.0286. The molecule has 3 aromatic carbocycles. The summed E-state index contributed by atoms with van der Waals surface area (Å²) in [5, 5.41) is 12.8.